The number of ether oxygens (including phenoxy) is 1. The highest BCUT2D eigenvalue weighted by atomic mass is 35.5. The van der Waals surface area contributed by atoms with Gasteiger partial charge in [-0.3, -0.25) is 0 Å². The molecule has 2 aromatic carbocycles. The van der Waals surface area contributed by atoms with Gasteiger partial charge in [0.2, 0.25) is 0 Å². The van der Waals surface area contributed by atoms with E-state index >= 15 is 0 Å². The first-order chi connectivity index (χ1) is 12.1. The molecule has 2 heterocycles. The lowest BCUT2D eigenvalue weighted by Crippen LogP contribution is -1.97. The van der Waals surface area contributed by atoms with Crippen LogP contribution in [0, 0.1) is 0 Å². The molecule has 0 bridgehead atoms. The van der Waals surface area contributed by atoms with E-state index in [-0.39, 0.29) is 0 Å². The van der Waals surface area contributed by atoms with E-state index in [1.165, 1.54) is 0 Å². The normalized spacial score (nSPS) is 11.6. The number of aromatic nitrogens is 3. The lowest BCUT2D eigenvalue weighted by atomic mass is 10.1. The van der Waals surface area contributed by atoms with Crippen LogP contribution in [0.1, 0.15) is 19.9 Å². The second-order valence-corrected chi connectivity index (χ2v) is 6.64. The average Bonchev–Trinajstić information content (AvgIpc) is 2.99. The van der Waals surface area contributed by atoms with Gasteiger partial charge in [-0.1, -0.05) is 23.7 Å². The Morgan fingerprint density at radius 1 is 1.04 bits per heavy atom. The summed E-state index contributed by atoms with van der Waals surface area (Å²) in [6, 6.07) is 14.1. The van der Waals surface area contributed by atoms with E-state index in [2.05, 4.69) is 35.7 Å². The number of hydrogen-bond acceptors (Lipinski definition) is 3. The molecule has 0 radical (unpaired) electrons. The summed E-state index contributed by atoms with van der Waals surface area (Å²) < 4.78 is 7.62. The van der Waals surface area contributed by atoms with Crippen LogP contribution in [0.4, 0.5) is 0 Å². The van der Waals surface area contributed by atoms with Gasteiger partial charge in [0.15, 0.2) is 5.15 Å². The number of benzene rings is 2. The van der Waals surface area contributed by atoms with Crippen LogP contribution in [0.3, 0.4) is 0 Å². The van der Waals surface area contributed by atoms with Crippen molar-refractivity contribution in [1.82, 2.24) is 14.5 Å². The van der Waals surface area contributed by atoms with E-state index in [1.807, 2.05) is 36.4 Å². The highest BCUT2D eigenvalue weighted by Gasteiger charge is 2.17. The summed E-state index contributed by atoms with van der Waals surface area (Å²) in [4.78, 5) is 9.29. The van der Waals surface area contributed by atoms with Crippen LogP contribution in [-0.4, -0.2) is 21.6 Å². The second kappa shape index (κ2) is 6.05. The SMILES string of the molecule is COc1ccc2c(c1)c(-c1nc3ccccc3nc1Cl)cn2C(C)C. The number of fused-ring (bicyclic) bond motifs is 2. The molecule has 126 valence electrons. The van der Waals surface area contributed by atoms with Crippen LogP contribution in [0.25, 0.3) is 33.2 Å². The Bertz CT molecular complexity index is 1090. The number of hydrogen-bond donors (Lipinski definition) is 0. The summed E-state index contributed by atoms with van der Waals surface area (Å²) in [6.45, 7) is 4.31. The minimum atomic E-state index is 0.317. The van der Waals surface area contributed by atoms with E-state index < -0.39 is 0 Å². The lowest BCUT2D eigenvalue weighted by molar-refractivity contribution is 0.415. The van der Waals surface area contributed by atoms with Crippen molar-refractivity contribution in [3.05, 3.63) is 53.8 Å². The zero-order valence-corrected chi connectivity index (χ0v) is 15.1. The van der Waals surface area contributed by atoms with Gasteiger partial charge in [0.05, 0.1) is 18.1 Å². The number of para-hydroxylation sites is 2. The van der Waals surface area contributed by atoms with E-state index in [1.54, 1.807) is 7.11 Å². The molecule has 0 saturated carbocycles. The average molecular weight is 352 g/mol. The second-order valence-electron chi connectivity index (χ2n) is 6.28. The smallest absolute Gasteiger partial charge is 0.156 e. The lowest BCUT2D eigenvalue weighted by Gasteiger charge is -2.09. The molecule has 4 nitrogen and oxygen atoms in total. The highest BCUT2D eigenvalue weighted by molar-refractivity contribution is 6.32. The van der Waals surface area contributed by atoms with Gasteiger partial charge in [-0.2, -0.15) is 0 Å². The van der Waals surface area contributed by atoms with Crippen molar-refractivity contribution in [2.75, 3.05) is 7.11 Å². The van der Waals surface area contributed by atoms with E-state index in [0.717, 1.165) is 33.2 Å². The molecule has 0 atom stereocenters. The summed E-state index contributed by atoms with van der Waals surface area (Å²) in [5.74, 6) is 0.806. The Kier molecular flexibility index (Phi) is 3.85. The number of halogens is 1. The standard InChI is InChI=1S/C20H18ClN3O/c1-12(2)24-11-15(14-10-13(25-3)8-9-18(14)24)19-20(21)23-17-7-5-4-6-16(17)22-19/h4-12H,1-3H3. The third-order valence-electron chi connectivity index (χ3n) is 4.38. The molecule has 4 rings (SSSR count). The van der Waals surface area contributed by atoms with Crippen molar-refractivity contribution in [1.29, 1.82) is 0 Å². The Morgan fingerprint density at radius 3 is 2.44 bits per heavy atom. The molecule has 0 N–H and O–H groups in total. The van der Waals surface area contributed by atoms with Gasteiger partial charge in [0.25, 0.3) is 0 Å². The van der Waals surface area contributed by atoms with Crippen molar-refractivity contribution < 1.29 is 4.74 Å². The summed E-state index contributed by atoms with van der Waals surface area (Å²) >= 11 is 6.49. The summed E-state index contributed by atoms with van der Waals surface area (Å²) in [6.07, 6.45) is 2.10. The van der Waals surface area contributed by atoms with Crippen LogP contribution in [0.15, 0.2) is 48.7 Å². The fraction of sp³-hybridized carbons (Fsp3) is 0.200. The minimum absolute atomic E-state index is 0.317. The number of methoxy groups -OCH3 is 1. The van der Waals surface area contributed by atoms with Crippen LogP contribution in [0.2, 0.25) is 5.15 Å². The van der Waals surface area contributed by atoms with E-state index in [9.17, 15) is 0 Å². The summed E-state index contributed by atoms with van der Waals surface area (Å²) in [5.41, 5.74) is 4.40. The first-order valence-electron chi connectivity index (χ1n) is 8.19. The van der Waals surface area contributed by atoms with Gasteiger partial charge in [0, 0.05) is 28.7 Å². The Morgan fingerprint density at radius 2 is 1.76 bits per heavy atom. The van der Waals surface area contributed by atoms with E-state index in [4.69, 9.17) is 21.3 Å². The molecular formula is C20H18ClN3O. The van der Waals surface area contributed by atoms with Crippen LogP contribution in [0.5, 0.6) is 5.75 Å². The molecule has 4 aromatic rings. The third-order valence-corrected chi connectivity index (χ3v) is 4.64. The predicted octanol–water partition coefficient (Wildman–Crippen LogP) is 5.49. The van der Waals surface area contributed by atoms with Gasteiger partial charge < -0.3 is 9.30 Å². The maximum absolute atomic E-state index is 6.49. The van der Waals surface area contributed by atoms with Crippen molar-refractivity contribution in [3.63, 3.8) is 0 Å². The fourth-order valence-electron chi connectivity index (χ4n) is 3.13. The molecule has 0 saturated heterocycles. The Hall–Kier alpha value is -2.59. The first kappa shape index (κ1) is 15.9. The molecule has 2 aromatic heterocycles. The molecule has 5 heteroatoms. The molecule has 0 aliphatic rings. The summed E-state index contributed by atoms with van der Waals surface area (Å²) in [7, 11) is 1.67. The molecule has 0 aliphatic heterocycles. The van der Waals surface area contributed by atoms with Gasteiger partial charge >= 0.3 is 0 Å². The first-order valence-corrected chi connectivity index (χ1v) is 8.57. The number of rotatable bonds is 3. The van der Waals surface area contributed by atoms with Gasteiger partial charge in [-0.15, -0.1) is 0 Å². The predicted molar refractivity (Wildman–Crippen MR) is 102 cm³/mol. The largest absolute Gasteiger partial charge is 0.497 e. The molecule has 0 unspecified atom stereocenters. The van der Waals surface area contributed by atoms with Crippen LogP contribution >= 0.6 is 11.6 Å². The Labute approximate surface area is 151 Å². The van der Waals surface area contributed by atoms with Crippen molar-refractivity contribution >= 4 is 33.5 Å². The number of nitrogens with zero attached hydrogens (tertiary/aromatic N) is 3. The molecule has 0 spiro atoms. The van der Waals surface area contributed by atoms with Crippen LogP contribution < -0.4 is 4.74 Å². The Balaban J connectivity index is 2.04. The molecule has 0 fully saturated rings. The van der Waals surface area contributed by atoms with Gasteiger partial charge in [-0.25, -0.2) is 9.97 Å². The maximum Gasteiger partial charge on any atom is 0.156 e. The summed E-state index contributed by atoms with van der Waals surface area (Å²) in [5, 5.41) is 1.46. The van der Waals surface area contributed by atoms with Crippen molar-refractivity contribution in [2.45, 2.75) is 19.9 Å². The third kappa shape index (κ3) is 2.63. The van der Waals surface area contributed by atoms with Gasteiger partial charge in [-0.05, 0) is 44.2 Å². The molecule has 25 heavy (non-hydrogen) atoms. The van der Waals surface area contributed by atoms with Crippen molar-refractivity contribution in [3.8, 4) is 17.0 Å². The highest BCUT2D eigenvalue weighted by Crippen LogP contribution is 2.37. The quantitative estimate of drug-likeness (QED) is 0.489. The topological polar surface area (TPSA) is 39.9 Å². The molecular weight excluding hydrogens is 334 g/mol. The van der Waals surface area contributed by atoms with E-state index in [0.29, 0.717) is 16.9 Å². The zero-order chi connectivity index (χ0) is 17.6. The van der Waals surface area contributed by atoms with Crippen LogP contribution in [-0.2, 0) is 0 Å². The zero-order valence-electron chi connectivity index (χ0n) is 14.3. The monoisotopic (exact) mass is 351 g/mol. The molecule has 0 aliphatic carbocycles. The van der Waals surface area contributed by atoms with Crippen molar-refractivity contribution in [2.24, 2.45) is 0 Å². The molecule has 0 amide bonds. The fourth-order valence-corrected chi connectivity index (χ4v) is 3.36. The van der Waals surface area contributed by atoms with Gasteiger partial charge in [0.1, 0.15) is 11.4 Å². The minimum Gasteiger partial charge on any atom is -0.497 e. The maximum atomic E-state index is 6.49.